The maximum atomic E-state index is 5.66. The van der Waals surface area contributed by atoms with Gasteiger partial charge in [-0.05, 0) is 37.1 Å². The van der Waals surface area contributed by atoms with E-state index in [0.29, 0.717) is 0 Å². The van der Waals surface area contributed by atoms with Crippen molar-refractivity contribution in [2.24, 2.45) is 23.5 Å². The maximum Gasteiger partial charge on any atom is -0.00461 e. The number of hydrogen-bond acceptors (Lipinski definition) is 1. The average Bonchev–Trinajstić information content (AvgIpc) is 2.33. The molecule has 1 fully saturated rings. The molecular formula is C9H19N. The molecular weight excluding hydrogens is 122 g/mol. The zero-order valence-electron chi connectivity index (χ0n) is 7.14. The van der Waals surface area contributed by atoms with Crippen LogP contribution in [-0.2, 0) is 0 Å². The fraction of sp³-hybridized carbons (Fsp3) is 1.00. The third-order valence-corrected chi connectivity index (χ3v) is 2.88. The Labute approximate surface area is 64.0 Å². The minimum absolute atomic E-state index is 0.833. The summed E-state index contributed by atoms with van der Waals surface area (Å²) in [6.45, 7) is 5.54. The van der Waals surface area contributed by atoms with E-state index in [1.807, 2.05) is 0 Å². The van der Waals surface area contributed by atoms with Crippen LogP contribution in [-0.4, -0.2) is 6.54 Å². The summed E-state index contributed by atoms with van der Waals surface area (Å²) in [5.41, 5.74) is 5.66. The number of hydrogen-bond donors (Lipinski definition) is 1. The van der Waals surface area contributed by atoms with Gasteiger partial charge < -0.3 is 5.73 Å². The first-order chi connectivity index (χ1) is 4.75. The summed E-state index contributed by atoms with van der Waals surface area (Å²) >= 11 is 0. The van der Waals surface area contributed by atoms with Crippen molar-refractivity contribution in [3.63, 3.8) is 0 Å². The fourth-order valence-electron chi connectivity index (χ4n) is 2.24. The van der Waals surface area contributed by atoms with Crippen molar-refractivity contribution in [3.8, 4) is 0 Å². The lowest BCUT2D eigenvalue weighted by Crippen LogP contribution is -2.21. The van der Waals surface area contributed by atoms with Gasteiger partial charge in [0.2, 0.25) is 0 Å². The monoisotopic (exact) mass is 141 g/mol. The zero-order chi connectivity index (χ0) is 7.56. The minimum atomic E-state index is 0.833. The van der Waals surface area contributed by atoms with E-state index in [1.54, 1.807) is 0 Å². The SMILES string of the molecule is CC(C)C1CCC[C@H]1CN. The third kappa shape index (κ3) is 1.51. The van der Waals surface area contributed by atoms with Gasteiger partial charge in [0.05, 0.1) is 0 Å². The largest absolute Gasteiger partial charge is 0.330 e. The molecule has 60 valence electrons. The van der Waals surface area contributed by atoms with Gasteiger partial charge in [-0.15, -0.1) is 0 Å². The number of rotatable bonds is 2. The molecule has 0 bridgehead atoms. The fourth-order valence-corrected chi connectivity index (χ4v) is 2.24. The van der Waals surface area contributed by atoms with Crippen molar-refractivity contribution < 1.29 is 0 Å². The molecule has 1 nitrogen and oxygen atoms in total. The topological polar surface area (TPSA) is 26.0 Å². The van der Waals surface area contributed by atoms with Crippen LogP contribution in [0.4, 0.5) is 0 Å². The molecule has 0 aromatic rings. The van der Waals surface area contributed by atoms with E-state index in [-0.39, 0.29) is 0 Å². The van der Waals surface area contributed by atoms with Gasteiger partial charge in [0.15, 0.2) is 0 Å². The Bertz CT molecular complexity index is 98.9. The summed E-state index contributed by atoms with van der Waals surface area (Å²) in [5, 5.41) is 0. The van der Waals surface area contributed by atoms with Crippen LogP contribution in [0, 0.1) is 17.8 Å². The Morgan fingerprint density at radius 3 is 2.50 bits per heavy atom. The summed E-state index contributed by atoms with van der Waals surface area (Å²) in [7, 11) is 0. The quantitative estimate of drug-likeness (QED) is 0.625. The van der Waals surface area contributed by atoms with Crippen molar-refractivity contribution in [1.82, 2.24) is 0 Å². The smallest absolute Gasteiger partial charge is 0.00461 e. The van der Waals surface area contributed by atoms with Gasteiger partial charge in [-0.25, -0.2) is 0 Å². The highest BCUT2D eigenvalue weighted by atomic mass is 14.6. The Hall–Kier alpha value is -0.0400. The van der Waals surface area contributed by atoms with Crippen LogP contribution in [0.5, 0.6) is 0 Å². The van der Waals surface area contributed by atoms with Crippen LogP contribution in [0.3, 0.4) is 0 Å². The highest BCUT2D eigenvalue weighted by Gasteiger charge is 2.27. The van der Waals surface area contributed by atoms with Crippen molar-refractivity contribution in [2.45, 2.75) is 33.1 Å². The molecule has 0 aromatic heterocycles. The molecule has 10 heavy (non-hydrogen) atoms. The van der Waals surface area contributed by atoms with Crippen LogP contribution < -0.4 is 5.73 Å². The van der Waals surface area contributed by atoms with Gasteiger partial charge in [-0.3, -0.25) is 0 Å². The Balaban J connectivity index is 2.42. The maximum absolute atomic E-state index is 5.66. The first-order valence-electron chi connectivity index (χ1n) is 4.45. The van der Waals surface area contributed by atoms with E-state index in [9.17, 15) is 0 Å². The van der Waals surface area contributed by atoms with Crippen LogP contribution in [0.1, 0.15) is 33.1 Å². The van der Waals surface area contributed by atoms with Crippen LogP contribution >= 0.6 is 0 Å². The van der Waals surface area contributed by atoms with Crippen molar-refractivity contribution in [2.75, 3.05) is 6.54 Å². The first-order valence-corrected chi connectivity index (χ1v) is 4.45. The molecule has 0 spiro atoms. The summed E-state index contributed by atoms with van der Waals surface area (Å²) in [6, 6.07) is 0. The molecule has 1 aliphatic carbocycles. The highest BCUT2D eigenvalue weighted by molar-refractivity contribution is 4.79. The Morgan fingerprint density at radius 2 is 2.10 bits per heavy atom. The second kappa shape index (κ2) is 3.38. The molecule has 1 heteroatoms. The molecule has 1 rings (SSSR count). The predicted octanol–water partition coefficient (Wildman–Crippen LogP) is 2.02. The van der Waals surface area contributed by atoms with E-state index < -0.39 is 0 Å². The molecule has 1 saturated carbocycles. The molecule has 0 amide bonds. The van der Waals surface area contributed by atoms with E-state index in [0.717, 1.165) is 24.3 Å². The zero-order valence-corrected chi connectivity index (χ0v) is 7.14. The van der Waals surface area contributed by atoms with Crippen molar-refractivity contribution >= 4 is 0 Å². The molecule has 1 unspecified atom stereocenters. The molecule has 2 N–H and O–H groups in total. The van der Waals surface area contributed by atoms with E-state index in [4.69, 9.17) is 5.73 Å². The molecule has 0 aromatic carbocycles. The molecule has 1 aliphatic rings. The van der Waals surface area contributed by atoms with Gasteiger partial charge in [0, 0.05) is 0 Å². The normalized spacial score (nSPS) is 33.6. The summed E-state index contributed by atoms with van der Waals surface area (Å²) in [4.78, 5) is 0. The van der Waals surface area contributed by atoms with Gasteiger partial charge in [-0.1, -0.05) is 20.3 Å². The van der Waals surface area contributed by atoms with Gasteiger partial charge in [-0.2, -0.15) is 0 Å². The highest BCUT2D eigenvalue weighted by Crippen LogP contribution is 2.35. The standard InChI is InChI=1S/C9H19N/c1-7(2)9-5-3-4-8(9)6-10/h7-9H,3-6,10H2,1-2H3/t8-,9?/m0/s1. The summed E-state index contributed by atoms with van der Waals surface area (Å²) in [5.74, 6) is 2.60. The number of nitrogens with two attached hydrogens (primary N) is 1. The molecule has 2 atom stereocenters. The van der Waals surface area contributed by atoms with Crippen LogP contribution in [0.25, 0.3) is 0 Å². The molecule has 0 heterocycles. The summed E-state index contributed by atoms with van der Waals surface area (Å²) < 4.78 is 0. The third-order valence-electron chi connectivity index (χ3n) is 2.88. The van der Waals surface area contributed by atoms with Gasteiger partial charge >= 0.3 is 0 Å². The average molecular weight is 141 g/mol. The minimum Gasteiger partial charge on any atom is -0.330 e. The van der Waals surface area contributed by atoms with Gasteiger partial charge in [0.25, 0.3) is 0 Å². The second-order valence-corrected chi connectivity index (χ2v) is 3.83. The lowest BCUT2D eigenvalue weighted by molar-refractivity contribution is 0.301. The van der Waals surface area contributed by atoms with E-state index in [1.165, 1.54) is 19.3 Å². The second-order valence-electron chi connectivity index (χ2n) is 3.83. The molecule has 0 aliphatic heterocycles. The molecule has 0 radical (unpaired) electrons. The van der Waals surface area contributed by atoms with Crippen LogP contribution in [0.2, 0.25) is 0 Å². The van der Waals surface area contributed by atoms with E-state index in [2.05, 4.69) is 13.8 Å². The summed E-state index contributed by atoms with van der Waals surface area (Å²) in [6.07, 6.45) is 4.20. The lowest BCUT2D eigenvalue weighted by atomic mass is 9.86. The van der Waals surface area contributed by atoms with Crippen LogP contribution in [0.15, 0.2) is 0 Å². The Morgan fingerprint density at radius 1 is 1.40 bits per heavy atom. The Kier molecular flexibility index (Phi) is 2.72. The lowest BCUT2D eigenvalue weighted by Gasteiger charge is -2.21. The van der Waals surface area contributed by atoms with Crippen molar-refractivity contribution in [3.05, 3.63) is 0 Å². The predicted molar refractivity (Wildman–Crippen MR) is 44.7 cm³/mol. The van der Waals surface area contributed by atoms with Gasteiger partial charge in [0.1, 0.15) is 0 Å². The molecule has 0 saturated heterocycles. The van der Waals surface area contributed by atoms with Crippen molar-refractivity contribution in [1.29, 1.82) is 0 Å². The van der Waals surface area contributed by atoms with E-state index >= 15 is 0 Å². The first kappa shape index (κ1) is 8.06.